The fraction of sp³-hybridized carbons (Fsp3) is 1.00. The Morgan fingerprint density at radius 1 is 0.381 bits per heavy atom. The van der Waals surface area contributed by atoms with E-state index in [2.05, 4.69) is 29.0 Å². The van der Waals surface area contributed by atoms with Crippen LogP contribution >= 0.6 is 0 Å². The highest BCUT2D eigenvalue weighted by Gasteiger charge is 2.54. The summed E-state index contributed by atoms with van der Waals surface area (Å²) < 4.78 is 0. The van der Waals surface area contributed by atoms with Crippen molar-refractivity contribution in [3.05, 3.63) is 0 Å². The zero-order valence-electron chi connectivity index (χ0n) is 28.1. The summed E-state index contributed by atoms with van der Waals surface area (Å²) in [6, 6.07) is 6.86. The molecular formula is C39H69N3. The first-order chi connectivity index (χ1) is 20.6. The van der Waals surface area contributed by atoms with Crippen LogP contribution in [-0.2, 0) is 0 Å². The topological polar surface area (TPSA) is 18.5 Å². The summed E-state index contributed by atoms with van der Waals surface area (Å²) >= 11 is 0. The van der Waals surface area contributed by atoms with Crippen molar-refractivity contribution in [2.45, 2.75) is 229 Å². The van der Waals surface area contributed by atoms with Crippen LogP contribution in [0.5, 0.6) is 0 Å². The molecule has 6 saturated carbocycles. The smallest absolute Gasteiger partial charge is 0.0105 e. The average molecular weight is 580 g/mol. The van der Waals surface area contributed by atoms with E-state index in [4.69, 9.17) is 0 Å². The summed E-state index contributed by atoms with van der Waals surface area (Å²) in [7, 11) is 0. The molecule has 3 nitrogen and oxygen atoms in total. The molecule has 0 aromatic carbocycles. The highest BCUT2D eigenvalue weighted by Crippen LogP contribution is 2.54. The number of nitrogens with one attached hydrogen (secondary N) is 1. The van der Waals surface area contributed by atoms with Gasteiger partial charge in [-0.3, -0.25) is 9.80 Å². The first-order valence-corrected chi connectivity index (χ1v) is 19.9. The van der Waals surface area contributed by atoms with Crippen LogP contribution in [0.15, 0.2) is 0 Å². The molecular weight excluding hydrogens is 510 g/mol. The Hall–Kier alpha value is -0.120. The number of hydrogen-bond acceptors (Lipinski definition) is 3. The lowest BCUT2D eigenvalue weighted by Gasteiger charge is -2.61. The maximum atomic E-state index is 4.41. The molecule has 0 radical (unpaired) electrons. The minimum absolute atomic E-state index is 0.466. The summed E-state index contributed by atoms with van der Waals surface area (Å²) in [5.41, 5.74) is 0.466. The Labute approximate surface area is 261 Å². The van der Waals surface area contributed by atoms with Crippen LogP contribution < -0.4 is 5.32 Å². The predicted molar refractivity (Wildman–Crippen MR) is 178 cm³/mol. The molecule has 42 heavy (non-hydrogen) atoms. The van der Waals surface area contributed by atoms with Crippen LogP contribution in [0.1, 0.15) is 181 Å². The monoisotopic (exact) mass is 580 g/mol. The van der Waals surface area contributed by atoms with Gasteiger partial charge in [-0.15, -0.1) is 0 Å². The van der Waals surface area contributed by atoms with Gasteiger partial charge in [0.25, 0.3) is 0 Å². The van der Waals surface area contributed by atoms with Crippen LogP contribution in [-0.4, -0.2) is 58.1 Å². The first-order valence-electron chi connectivity index (χ1n) is 19.9. The van der Waals surface area contributed by atoms with E-state index < -0.39 is 0 Å². The fourth-order valence-electron chi connectivity index (χ4n) is 12.7. The maximum absolute atomic E-state index is 4.41. The van der Waals surface area contributed by atoms with E-state index in [1.165, 1.54) is 167 Å². The Morgan fingerprint density at radius 2 is 0.690 bits per heavy atom. The summed E-state index contributed by atoms with van der Waals surface area (Å²) in [5.74, 6) is 1.73. The van der Waals surface area contributed by atoms with Gasteiger partial charge in [0, 0.05) is 48.3 Å². The second kappa shape index (κ2) is 13.7. The predicted octanol–water partition coefficient (Wildman–Crippen LogP) is 9.63. The zero-order valence-corrected chi connectivity index (χ0v) is 28.1. The summed E-state index contributed by atoms with van der Waals surface area (Å²) in [5, 5.41) is 4.41. The number of fused-ring (bicyclic) bond motifs is 2. The molecule has 6 unspecified atom stereocenters. The third kappa shape index (κ3) is 6.29. The van der Waals surface area contributed by atoms with E-state index in [0.29, 0.717) is 5.41 Å². The van der Waals surface area contributed by atoms with Gasteiger partial charge in [0.1, 0.15) is 0 Å². The van der Waals surface area contributed by atoms with Gasteiger partial charge in [0.2, 0.25) is 0 Å². The molecule has 1 N–H and O–H groups in total. The Balaban J connectivity index is 1.09. The largest absolute Gasteiger partial charge is 0.311 e. The molecule has 6 atom stereocenters. The standard InChI is InChI=1S/C39H69N3/c1-39(2)35-27-33(41(29-15-7-3-8-16-29)30-17-9-4-10-18-30)23-25-37(35)40-38-26-24-34(28-36(38)39)42(31-19-11-5-12-20-31)32-21-13-6-14-22-32/h29-38,40H,3-28H2,1-2H3. The molecule has 0 amide bonds. The van der Waals surface area contributed by atoms with Crippen molar-refractivity contribution in [3.63, 3.8) is 0 Å². The molecule has 6 aliphatic carbocycles. The van der Waals surface area contributed by atoms with Crippen molar-refractivity contribution in [3.8, 4) is 0 Å². The van der Waals surface area contributed by atoms with Gasteiger partial charge < -0.3 is 5.32 Å². The van der Waals surface area contributed by atoms with Gasteiger partial charge in [0.15, 0.2) is 0 Å². The molecule has 240 valence electrons. The van der Waals surface area contributed by atoms with Crippen molar-refractivity contribution in [1.29, 1.82) is 0 Å². The van der Waals surface area contributed by atoms with Crippen LogP contribution in [0.4, 0.5) is 0 Å². The summed E-state index contributed by atoms with van der Waals surface area (Å²) in [4.78, 5) is 6.46. The Morgan fingerprint density at radius 3 is 1.00 bits per heavy atom. The second-order valence-corrected chi connectivity index (χ2v) is 17.4. The number of nitrogens with zero attached hydrogens (tertiary/aromatic N) is 2. The molecule has 0 bridgehead atoms. The van der Waals surface area contributed by atoms with Crippen LogP contribution in [0.2, 0.25) is 0 Å². The van der Waals surface area contributed by atoms with Gasteiger partial charge in [-0.05, 0) is 107 Å². The number of rotatable bonds is 6. The first kappa shape index (κ1) is 30.5. The van der Waals surface area contributed by atoms with Crippen molar-refractivity contribution in [2.75, 3.05) is 0 Å². The Bertz CT molecular complexity index is 729. The lowest BCUT2D eigenvalue weighted by atomic mass is 9.54. The molecule has 7 aliphatic rings. The van der Waals surface area contributed by atoms with Crippen molar-refractivity contribution in [2.24, 2.45) is 17.3 Å². The molecule has 1 heterocycles. The minimum Gasteiger partial charge on any atom is -0.311 e. The third-order valence-electron chi connectivity index (χ3n) is 14.8. The normalized spacial score (nSPS) is 39.7. The SMILES string of the molecule is CC1(C)C2CC(N(C3CCCCC3)C3CCCCC3)CCC2NC2CCC(N(C3CCCCC3)C3CCCCC3)CC21. The Kier molecular flexibility index (Phi) is 9.96. The van der Waals surface area contributed by atoms with Gasteiger partial charge in [0.05, 0.1) is 0 Å². The quantitative estimate of drug-likeness (QED) is 0.338. The van der Waals surface area contributed by atoms with E-state index in [1.807, 2.05) is 0 Å². The molecule has 0 spiro atoms. The van der Waals surface area contributed by atoms with E-state index >= 15 is 0 Å². The number of hydrogen-bond donors (Lipinski definition) is 1. The van der Waals surface area contributed by atoms with E-state index in [9.17, 15) is 0 Å². The third-order valence-corrected chi connectivity index (χ3v) is 14.8. The molecule has 0 aromatic rings. The van der Waals surface area contributed by atoms with Gasteiger partial charge in [-0.25, -0.2) is 0 Å². The average Bonchev–Trinajstić information content (AvgIpc) is 3.04. The van der Waals surface area contributed by atoms with Gasteiger partial charge >= 0.3 is 0 Å². The molecule has 3 heteroatoms. The fourth-order valence-corrected chi connectivity index (χ4v) is 12.7. The van der Waals surface area contributed by atoms with Crippen molar-refractivity contribution in [1.82, 2.24) is 15.1 Å². The van der Waals surface area contributed by atoms with Crippen molar-refractivity contribution >= 4 is 0 Å². The van der Waals surface area contributed by atoms with Crippen LogP contribution in [0.3, 0.4) is 0 Å². The highest BCUT2D eigenvalue weighted by atomic mass is 15.2. The van der Waals surface area contributed by atoms with Crippen molar-refractivity contribution < 1.29 is 0 Å². The summed E-state index contributed by atoms with van der Waals surface area (Å²) in [6.07, 6.45) is 38.6. The second-order valence-electron chi connectivity index (χ2n) is 17.4. The zero-order chi connectivity index (χ0) is 28.5. The van der Waals surface area contributed by atoms with Gasteiger partial charge in [-0.2, -0.15) is 0 Å². The van der Waals surface area contributed by atoms with Crippen LogP contribution in [0, 0.1) is 17.3 Å². The maximum Gasteiger partial charge on any atom is 0.0105 e. The molecule has 1 saturated heterocycles. The van der Waals surface area contributed by atoms with Gasteiger partial charge in [-0.1, -0.05) is 90.9 Å². The van der Waals surface area contributed by atoms with E-state index in [0.717, 1.165) is 60.2 Å². The lowest BCUT2D eigenvalue weighted by Crippen LogP contribution is -2.67. The van der Waals surface area contributed by atoms with Crippen LogP contribution in [0.25, 0.3) is 0 Å². The minimum atomic E-state index is 0.466. The highest BCUT2D eigenvalue weighted by molar-refractivity contribution is 5.09. The molecule has 0 aromatic heterocycles. The van der Waals surface area contributed by atoms with E-state index in [-0.39, 0.29) is 0 Å². The molecule has 7 rings (SSSR count). The lowest BCUT2D eigenvalue weighted by molar-refractivity contribution is -0.0894. The molecule has 1 aliphatic heterocycles. The number of piperidine rings is 1. The molecule has 7 fully saturated rings. The van der Waals surface area contributed by atoms with E-state index in [1.54, 1.807) is 0 Å². The summed E-state index contributed by atoms with van der Waals surface area (Å²) in [6.45, 7) is 5.54.